The van der Waals surface area contributed by atoms with Crippen molar-refractivity contribution in [2.75, 3.05) is 12.3 Å². The summed E-state index contributed by atoms with van der Waals surface area (Å²) in [5, 5.41) is 21.4. The zero-order valence-electron chi connectivity index (χ0n) is 18.5. The van der Waals surface area contributed by atoms with Gasteiger partial charge in [-0.05, 0) is 26.3 Å². The van der Waals surface area contributed by atoms with Crippen molar-refractivity contribution in [2.24, 2.45) is 0 Å². The summed E-state index contributed by atoms with van der Waals surface area (Å²) in [4.78, 5) is 23.6. The number of aliphatic hydroxyl groups is 1. The lowest BCUT2D eigenvalue weighted by molar-refractivity contribution is -0.386. The zero-order chi connectivity index (χ0) is 24.0. The molecule has 0 unspecified atom stereocenters. The van der Waals surface area contributed by atoms with Crippen LogP contribution in [0.4, 0.5) is 11.5 Å². The van der Waals surface area contributed by atoms with E-state index in [9.17, 15) is 15.2 Å². The maximum absolute atomic E-state index is 11.6. The van der Waals surface area contributed by atoms with Gasteiger partial charge in [0, 0.05) is 12.7 Å². The number of fused-ring (bicyclic) bond motifs is 2. The fraction of sp³-hybridized carbons (Fsp3) is 0.476. The number of nitrogen functional groups attached to an aromatic ring is 1. The lowest BCUT2D eigenvalue weighted by atomic mass is 10.00. The first-order valence-corrected chi connectivity index (χ1v) is 10.7. The first-order chi connectivity index (χ1) is 16.3. The second kappa shape index (κ2) is 8.43. The van der Waals surface area contributed by atoms with Gasteiger partial charge in [0.15, 0.2) is 41.5 Å². The van der Waals surface area contributed by atoms with Crippen LogP contribution in [-0.4, -0.2) is 66.5 Å². The minimum Gasteiger partial charge on any atom is -0.478 e. The second-order valence-corrected chi connectivity index (χ2v) is 8.54. The lowest BCUT2D eigenvalue weighted by Crippen LogP contribution is -2.43. The van der Waals surface area contributed by atoms with Gasteiger partial charge in [-0.15, -0.1) is 0 Å². The van der Waals surface area contributed by atoms with Crippen molar-refractivity contribution < 1.29 is 29.0 Å². The Hall–Kier alpha value is -3.39. The third-order valence-electron chi connectivity index (χ3n) is 5.90. The largest absolute Gasteiger partial charge is 0.478 e. The van der Waals surface area contributed by atoms with Crippen molar-refractivity contribution in [2.45, 2.75) is 56.7 Å². The van der Waals surface area contributed by atoms with Gasteiger partial charge in [-0.25, -0.2) is 15.0 Å². The average Bonchev–Trinajstić information content (AvgIpc) is 3.44. The van der Waals surface area contributed by atoms with Crippen LogP contribution in [0.5, 0.6) is 5.75 Å². The summed E-state index contributed by atoms with van der Waals surface area (Å²) < 4.78 is 26.2. The topological polar surface area (TPSA) is 170 Å². The molecule has 34 heavy (non-hydrogen) atoms. The van der Waals surface area contributed by atoms with Gasteiger partial charge < -0.3 is 34.4 Å². The van der Waals surface area contributed by atoms with Gasteiger partial charge in [-0.3, -0.25) is 10.1 Å². The molecule has 2 aromatic heterocycles. The van der Waals surface area contributed by atoms with Gasteiger partial charge in [0.25, 0.3) is 0 Å². The maximum atomic E-state index is 11.6. The van der Waals surface area contributed by atoms with Gasteiger partial charge in [0.1, 0.15) is 17.9 Å². The molecule has 0 saturated carbocycles. The van der Waals surface area contributed by atoms with E-state index in [1.165, 1.54) is 18.5 Å². The molecular formula is C21H24N6O7. The quantitative estimate of drug-likeness (QED) is 0.378. The van der Waals surface area contributed by atoms with E-state index in [4.69, 9.17) is 24.7 Å². The van der Waals surface area contributed by atoms with E-state index in [1.54, 1.807) is 36.9 Å². The molecule has 2 aliphatic rings. The summed E-state index contributed by atoms with van der Waals surface area (Å²) in [6.07, 6.45) is 0.138. The monoisotopic (exact) mass is 472 g/mol. The van der Waals surface area contributed by atoms with Crippen LogP contribution >= 0.6 is 0 Å². The van der Waals surface area contributed by atoms with Gasteiger partial charge in [0.05, 0.1) is 17.3 Å². The molecule has 4 heterocycles. The summed E-state index contributed by atoms with van der Waals surface area (Å²) in [6.45, 7) is 3.32. The van der Waals surface area contributed by atoms with Crippen LogP contribution in [0.25, 0.3) is 11.2 Å². The number of rotatable bonds is 7. The van der Waals surface area contributed by atoms with Crippen LogP contribution in [-0.2, 0) is 14.2 Å². The molecule has 180 valence electrons. The zero-order valence-corrected chi connectivity index (χ0v) is 18.5. The molecule has 0 radical (unpaired) electrons. The third-order valence-corrected chi connectivity index (χ3v) is 5.90. The first-order valence-electron chi connectivity index (χ1n) is 10.7. The van der Waals surface area contributed by atoms with Crippen LogP contribution < -0.4 is 10.5 Å². The number of ether oxygens (including phenoxy) is 4. The smallest absolute Gasteiger partial charge is 0.310 e. The second-order valence-electron chi connectivity index (χ2n) is 8.54. The number of hydrogen-bond donors (Lipinski definition) is 2. The third kappa shape index (κ3) is 3.81. The van der Waals surface area contributed by atoms with E-state index >= 15 is 0 Å². The summed E-state index contributed by atoms with van der Waals surface area (Å²) >= 11 is 0. The molecule has 2 aliphatic heterocycles. The Balaban J connectivity index is 1.56. The Labute approximate surface area is 193 Å². The molecule has 0 amide bonds. The predicted molar refractivity (Wildman–Crippen MR) is 117 cm³/mol. The van der Waals surface area contributed by atoms with Crippen molar-refractivity contribution in [3.05, 3.63) is 47.0 Å². The number of nitro groups is 1. The van der Waals surface area contributed by atoms with E-state index in [0.29, 0.717) is 11.2 Å². The maximum Gasteiger partial charge on any atom is 0.310 e. The van der Waals surface area contributed by atoms with Crippen molar-refractivity contribution >= 4 is 22.7 Å². The first kappa shape index (κ1) is 22.4. The summed E-state index contributed by atoms with van der Waals surface area (Å²) in [5.74, 6) is -0.637. The number of nitrogens with two attached hydrogens (primary N) is 1. The molecule has 13 nitrogen and oxygen atoms in total. The number of para-hydroxylation sites is 2. The molecule has 3 N–H and O–H groups in total. The Morgan fingerprint density at radius 2 is 2.09 bits per heavy atom. The molecule has 5 atom stereocenters. The molecule has 3 aromatic rings. The molecular weight excluding hydrogens is 448 g/mol. The highest BCUT2D eigenvalue weighted by molar-refractivity contribution is 5.81. The summed E-state index contributed by atoms with van der Waals surface area (Å²) in [6, 6.07) is 5.56. The molecule has 1 aromatic carbocycles. The Bertz CT molecular complexity index is 1220. The molecule has 0 aliphatic carbocycles. The van der Waals surface area contributed by atoms with Crippen molar-refractivity contribution in [1.82, 2.24) is 19.5 Å². The molecule has 5 rings (SSSR count). The number of anilines is 1. The molecule has 2 fully saturated rings. The summed E-state index contributed by atoms with van der Waals surface area (Å²) in [7, 11) is 0. The van der Waals surface area contributed by atoms with Crippen LogP contribution in [0.3, 0.4) is 0 Å². The minimum atomic E-state index is -0.930. The van der Waals surface area contributed by atoms with Crippen molar-refractivity contribution in [1.29, 1.82) is 0 Å². The molecule has 13 heteroatoms. The van der Waals surface area contributed by atoms with Gasteiger partial charge in [-0.2, -0.15) is 0 Å². The SMILES string of the molecule is CC1(C)O[C@H]2O[C@H]([C@H](CCO)n3cnc4c(N)ncnc43)[C@H](Oc3ccccc3[N+](=O)[O-])[C@H]2O1. The van der Waals surface area contributed by atoms with Crippen LogP contribution in [0.15, 0.2) is 36.9 Å². The average molecular weight is 472 g/mol. The number of aromatic nitrogens is 4. The van der Waals surface area contributed by atoms with E-state index < -0.39 is 41.4 Å². The minimum absolute atomic E-state index is 0.0739. The Morgan fingerprint density at radius 1 is 1.29 bits per heavy atom. The highest BCUT2D eigenvalue weighted by atomic mass is 16.8. The van der Waals surface area contributed by atoms with Gasteiger partial charge in [0.2, 0.25) is 0 Å². The molecule has 2 saturated heterocycles. The van der Waals surface area contributed by atoms with E-state index in [-0.39, 0.29) is 30.3 Å². The van der Waals surface area contributed by atoms with E-state index in [2.05, 4.69) is 15.0 Å². The number of nitrogens with zero attached hydrogens (tertiary/aromatic N) is 5. The number of benzene rings is 1. The van der Waals surface area contributed by atoms with Crippen LogP contribution in [0.2, 0.25) is 0 Å². The van der Waals surface area contributed by atoms with Gasteiger partial charge >= 0.3 is 5.69 Å². The van der Waals surface area contributed by atoms with Crippen LogP contribution in [0, 0.1) is 10.1 Å². The highest BCUT2D eigenvalue weighted by Gasteiger charge is 2.58. The Morgan fingerprint density at radius 3 is 2.85 bits per heavy atom. The number of aliphatic hydroxyl groups excluding tert-OH is 1. The number of nitro benzene ring substituents is 1. The van der Waals surface area contributed by atoms with Crippen LogP contribution in [0.1, 0.15) is 26.3 Å². The lowest BCUT2D eigenvalue weighted by Gasteiger charge is -2.31. The Kier molecular flexibility index (Phi) is 5.56. The normalized spacial score (nSPS) is 26.4. The predicted octanol–water partition coefficient (Wildman–Crippen LogP) is 1.56. The number of hydrogen-bond acceptors (Lipinski definition) is 11. The fourth-order valence-corrected chi connectivity index (χ4v) is 4.51. The molecule has 0 spiro atoms. The number of imidazole rings is 1. The van der Waals surface area contributed by atoms with Gasteiger partial charge in [-0.1, -0.05) is 12.1 Å². The standard InChI is InChI=1S/C21H24N6O7/c1-21(2)33-17-16(31-13-6-4-3-5-11(13)27(29)30)15(32-20(17)34-21)12(7-8-28)26-10-25-14-18(22)23-9-24-19(14)26/h3-6,9-10,12,15-17,20,28H,7-8H2,1-2H3,(H2,22,23,24)/t12-,15+,16-,17+,20+/m0/s1. The summed E-state index contributed by atoms with van der Waals surface area (Å²) in [5.41, 5.74) is 6.62. The highest BCUT2D eigenvalue weighted by Crippen LogP contribution is 2.44. The molecule has 0 bridgehead atoms. The van der Waals surface area contributed by atoms with Crippen molar-refractivity contribution in [3.8, 4) is 5.75 Å². The van der Waals surface area contributed by atoms with E-state index in [1.807, 2.05) is 0 Å². The fourth-order valence-electron chi connectivity index (χ4n) is 4.51. The van der Waals surface area contributed by atoms with E-state index in [0.717, 1.165) is 0 Å². The van der Waals surface area contributed by atoms with Crippen molar-refractivity contribution in [3.63, 3.8) is 0 Å².